The van der Waals surface area contributed by atoms with Crippen molar-refractivity contribution in [1.29, 1.82) is 0 Å². The predicted octanol–water partition coefficient (Wildman–Crippen LogP) is 7.35. The van der Waals surface area contributed by atoms with E-state index in [0.717, 1.165) is 33.8 Å². The van der Waals surface area contributed by atoms with Crippen LogP contribution < -0.4 is 5.32 Å². The minimum atomic E-state index is -0.214. The Hall–Kier alpha value is -3.79. The average Bonchev–Trinajstić information content (AvgIpc) is 3.25. The van der Waals surface area contributed by atoms with Crippen molar-refractivity contribution in [1.82, 2.24) is 9.47 Å². The van der Waals surface area contributed by atoms with Crippen LogP contribution in [0.15, 0.2) is 85.1 Å². The maximum atomic E-state index is 13.9. The number of anilines is 1. The summed E-state index contributed by atoms with van der Waals surface area (Å²) in [6, 6.07) is 27.0. The van der Waals surface area contributed by atoms with E-state index >= 15 is 0 Å². The summed E-state index contributed by atoms with van der Waals surface area (Å²) in [6.07, 6.45) is 2.09. The van der Waals surface area contributed by atoms with Gasteiger partial charge in [-0.25, -0.2) is 4.79 Å². The van der Waals surface area contributed by atoms with Crippen molar-refractivity contribution in [3.05, 3.63) is 119 Å². The van der Waals surface area contributed by atoms with E-state index in [4.69, 9.17) is 0 Å². The second-order valence-electron chi connectivity index (χ2n) is 9.53. The molecule has 0 saturated carbocycles. The quantitative estimate of drug-likeness (QED) is 0.349. The second-order valence-corrected chi connectivity index (χ2v) is 9.53. The van der Waals surface area contributed by atoms with Crippen LogP contribution in [0.2, 0.25) is 0 Å². The van der Waals surface area contributed by atoms with Gasteiger partial charge in [0.1, 0.15) is 0 Å². The number of amides is 2. The first-order chi connectivity index (χ1) is 16.4. The van der Waals surface area contributed by atoms with Crippen LogP contribution >= 0.6 is 0 Å². The lowest BCUT2D eigenvalue weighted by atomic mass is 9.97. The van der Waals surface area contributed by atoms with E-state index in [1.165, 1.54) is 11.1 Å². The Kier molecular flexibility index (Phi) is 5.74. The first-order valence-corrected chi connectivity index (χ1v) is 11.9. The normalized spacial score (nSPS) is 15.0. The number of aromatic nitrogens is 1. The number of carbonyl (C=O) groups excluding carboxylic acids is 1. The molecular weight excluding hydrogens is 418 g/mol. The fourth-order valence-corrected chi connectivity index (χ4v) is 4.89. The van der Waals surface area contributed by atoms with Crippen molar-refractivity contribution in [2.45, 2.75) is 46.2 Å². The molecule has 0 bridgehead atoms. The molecule has 0 radical (unpaired) electrons. The lowest BCUT2D eigenvalue weighted by molar-refractivity contribution is 0.194. The van der Waals surface area contributed by atoms with E-state index in [1.54, 1.807) is 0 Å². The van der Waals surface area contributed by atoms with E-state index in [2.05, 4.69) is 97.5 Å². The van der Waals surface area contributed by atoms with Crippen LogP contribution in [-0.2, 0) is 6.54 Å². The lowest BCUT2D eigenvalue weighted by Gasteiger charge is -2.31. The molecule has 0 unspecified atom stereocenters. The van der Waals surface area contributed by atoms with Crippen molar-refractivity contribution < 1.29 is 4.79 Å². The van der Waals surface area contributed by atoms with Gasteiger partial charge in [-0.05, 0) is 66.3 Å². The topological polar surface area (TPSA) is 37.3 Å². The Bertz CT molecular complexity index is 1330. The van der Waals surface area contributed by atoms with Crippen molar-refractivity contribution in [2.24, 2.45) is 0 Å². The number of rotatable bonds is 3. The zero-order chi connectivity index (χ0) is 23.8. The monoisotopic (exact) mass is 449 g/mol. The molecule has 1 aliphatic rings. The van der Waals surface area contributed by atoms with Crippen LogP contribution in [0.3, 0.4) is 0 Å². The summed E-state index contributed by atoms with van der Waals surface area (Å²) in [4.78, 5) is 15.8. The molecule has 2 heterocycles. The number of fused-ring (bicyclic) bond motifs is 3. The number of urea groups is 1. The maximum Gasteiger partial charge on any atom is 0.322 e. The molecular formula is C30H31N3O. The molecule has 1 N–H and O–H groups in total. The molecule has 3 aromatic carbocycles. The smallest absolute Gasteiger partial charge is 0.318 e. The summed E-state index contributed by atoms with van der Waals surface area (Å²) in [5.41, 5.74) is 8.81. The first-order valence-electron chi connectivity index (χ1n) is 11.9. The Morgan fingerprint density at radius 1 is 0.941 bits per heavy atom. The molecule has 1 aromatic heterocycles. The lowest BCUT2D eigenvalue weighted by Crippen LogP contribution is -2.38. The van der Waals surface area contributed by atoms with Crippen LogP contribution in [0, 0.1) is 13.8 Å². The van der Waals surface area contributed by atoms with Crippen molar-refractivity contribution in [3.63, 3.8) is 0 Å². The number of para-hydroxylation sites is 1. The van der Waals surface area contributed by atoms with Crippen LogP contribution in [-0.4, -0.2) is 15.5 Å². The van der Waals surface area contributed by atoms with Gasteiger partial charge < -0.3 is 14.8 Å². The van der Waals surface area contributed by atoms with E-state index in [1.807, 2.05) is 30.0 Å². The highest BCUT2D eigenvalue weighted by Gasteiger charge is 2.33. The van der Waals surface area contributed by atoms with Gasteiger partial charge in [0.25, 0.3) is 0 Å². The van der Waals surface area contributed by atoms with Crippen LogP contribution in [0.25, 0.3) is 5.69 Å². The maximum absolute atomic E-state index is 13.9. The van der Waals surface area contributed by atoms with E-state index in [9.17, 15) is 4.79 Å². The summed E-state index contributed by atoms with van der Waals surface area (Å²) < 4.78 is 2.22. The standard InChI is InChI=1S/C30H31N3O/c1-20(2)23-12-14-24(15-13-23)29-28-10-7-17-32(28)27-9-6-5-8-25(27)19-33(29)30(34)31-26-16-11-21(3)18-22(26)4/h5-18,20,29H,19H2,1-4H3,(H,31,34)/t29-/m0/s1. The van der Waals surface area contributed by atoms with Crippen molar-refractivity contribution >= 4 is 11.7 Å². The van der Waals surface area contributed by atoms with Crippen molar-refractivity contribution in [3.8, 4) is 5.69 Å². The number of nitrogens with zero attached hydrogens (tertiary/aromatic N) is 2. The molecule has 0 saturated heterocycles. The number of carbonyl (C=O) groups is 1. The molecule has 0 fully saturated rings. The van der Waals surface area contributed by atoms with Gasteiger partial charge in [-0.15, -0.1) is 0 Å². The fourth-order valence-electron chi connectivity index (χ4n) is 4.89. The Balaban J connectivity index is 1.61. The fraction of sp³-hybridized carbons (Fsp3) is 0.233. The summed E-state index contributed by atoms with van der Waals surface area (Å²) in [6.45, 7) is 9.02. The molecule has 4 heteroatoms. The van der Waals surface area contributed by atoms with Gasteiger partial charge in [0.15, 0.2) is 0 Å². The van der Waals surface area contributed by atoms with Gasteiger partial charge in [-0.3, -0.25) is 0 Å². The number of benzene rings is 3. The second kappa shape index (κ2) is 8.86. The number of nitrogens with one attached hydrogen (secondary N) is 1. The number of hydrogen-bond acceptors (Lipinski definition) is 1. The molecule has 172 valence electrons. The van der Waals surface area contributed by atoms with Gasteiger partial charge in [0, 0.05) is 17.6 Å². The molecule has 0 aliphatic carbocycles. The van der Waals surface area contributed by atoms with Gasteiger partial charge in [0.05, 0.1) is 18.3 Å². The summed E-state index contributed by atoms with van der Waals surface area (Å²) >= 11 is 0. The van der Waals surface area contributed by atoms with E-state index in [0.29, 0.717) is 12.5 Å². The molecule has 34 heavy (non-hydrogen) atoms. The van der Waals surface area contributed by atoms with Crippen molar-refractivity contribution in [2.75, 3.05) is 5.32 Å². The molecule has 1 atom stereocenters. The van der Waals surface area contributed by atoms with Crippen LogP contribution in [0.1, 0.15) is 59.3 Å². The summed E-state index contributed by atoms with van der Waals surface area (Å²) in [7, 11) is 0. The highest BCUT2D eigenvalue weighted by molar-refractivity contribution is 5.91. The van der Waals surface area contributed by atoms with Gasteiger partial charge in [0.2, 0.25) is 0 Å². The zero-order valence-corrected chi connectivity index (χ0v) is 20.2. The first kappa shape index (κ1) is 22.0. The van der Waals surface area contributed by atoms with Crippen LogP contribution in [0.4, 0.5) is 10.5 Å². The molecule has 4 aromatic rings. The van der Waals surface area contributed by atoms with E-state index < -0.39 is 0 Å². The molecule has 4 nitrogen and oxygen atoms in total. The highest BCUT2D eigenvalue weighted by Crippen LogP contribution is 2.37. The highest BCUT2D eigenvalue weighted by atomic mass is 16.2. The molecule has 2 amide bonds. The summed E-state index contributed by atoms with van der Waals surface area (Å²) in [5.74, 6) is 0.459. The molecule has 5 rings (SSSR count). The third-order valence-electron chi connectivity index (χ3n) is 6.77. The third kappa shape index (κ3) is 4.01. The predicted molar refractivity (Wildman–Crippen MR) is 139 cm³/mol. The summed E-state index contributed by atoms with van der Waals surface area (Å²) in [5, 5.41) is 3.20. The minimum Gasteiger partial charge on any atom is -0.318 e. The van der Waals surface area contributed by atoms with Gasteiger partial charge >= 0.3 is 6.03 Å². The Morgan fingerprint density at radius 2 is 1.71 bits per heavy atom. The Morgan fingerprint density at radius 3 is 2.44 bits per heavy atom. The molecule has 0 spiro atoms. The Labute approximate surface area is 201 Å². The van der Waals surface area contributed by atoms with E-state index in [-0.39, 0.29) is 12.1 Å². The zero-order valence-electron chi connectivity index (χ0n) is 20.2. The van der Waals surface area contributed by atoms with Crippen LogP contribution in [0.5, 0.6) is 0 Å². The minimum absolute atomic E-state index is 0.102. The third-order valence-corrected chi connectivity index (χ3v) is 6.77. The number of hydrogen-bond donors (Lipinski definition) is 1. The number of aryl methyl sites for hydroxylation is 2. The SMILES string of the molecule is Cc1ccc(NC(=O)N2Cc3ccccc3-n3cccc3[C@@H]2c2ccc(C(C)C)cc2)c(C)c1. The average molecular weight is 450 g/mol. The molecule has 1 aliphatic heterocycles. The van der Waals surface area contributed by atoms with Gasteiger partial charge in [-0.1, -0.05) is 74.0 Å². The van der Waals surface area contributed by atoms with Gasteiger partial charge in [-0.2, -0.15) is 0 Å². The largest absolute Gasteiger partial charge is 0.322 e.